The summed E-state index contributed by atoms with van der Waals surface area (Å²) in [5.41, 5.74) is 5.83. The lowest BCUT2D eigenvalue weighted by Gasteiger charge is -2.11. The molecule has 2 N–H and O–H groups in total. The molecule has 0 saturated heterocycles. The minimum atomic E-state index is -4.69. The number of nitrogens with two attached hydrogens (primary N) is 1. The molecule has 0 fully saturated rings. The molecule has 10 heteroatoms. The van der Waals surface area contributed by atoms with Crippen molar-refractivity contribution < 1.29 is 22.3 Å². The van der Waals surface area contributed by atoms with Crippen molar-refractivity contribution in [2.75, 3.05) is 6.86 Å². The van der Waals surface area contributed by atoms with Gasteiger partial charge in [-0.3, -0.25) is 0 Å². The number of aromatic nitrogens is 4. The monoisotopic (exact) mass is 291 g/mol. The van der Waals surface area contributed by atoms with E-state index in [9.17, 15) is 17.6 Å². The van der Waals surface area contributed by atoms with Crippen LogP contribution in [-0.2, 0) is 12.7 Å². The summed E-state index contributed by atoms with van der Waals surface area (Å²) in [5.74, 6) is -1.11. The molecule has 0 radical (unpaired) electrons. The van der Waals surface area contributed by atoms with Crippen molar-refractivity contribution in [1.29, 1.82) is 0 Å². The third kappa shape index (κ3) is 2.69. The van der Waals surface area contributed by atoms with Crippen molar-refractivity contribution in [3.05, 3.63) is 29.6 Å². The maximum atomic E-state index is 12.7. The van der Waals surface area contributed by atoms with Gasteiger partial charge in [-0.25, -0.2) is 4.39 Å². The molecule has 0 saturated carbocycles. The molecule has 2 aromatic rings. The van der Waals surface area contributed by atoms with Crippen molar-refractivity contribution in [2.24, 2.45) is 5.73 Å². The first-order valence-electron chi connectivity index (χ1n) is 5.35. The highest BCUT2D eigenvalue weighted by Crippen LogP contribution is 2.29. The molecule has 0 unspecified atom stereocenters. The molecule has 2 rings (SSSR count). The number of hydrogen-bond acceptors (Lipinski definition) is 5. The van der Waals surface area contributed by atoms with Gasteiger partial charge in [0.1, 0.15) is 5.75 Å². The highest BCUT2D eigenvalue weighted by atomic mass is 19.4. The van der Waals surface area contributed by atoms with Gasteiger partial charge in [-0.2, -0.15) is 17.9 Å². The Kier molecular flexibility index (Phi) is 3.84. The van der Waals surface area contributed by atoms with E-state index >= 15 is 0 Å². The largest absolute Gasteiger partial charge is 0.463 e. The first-order chi connectivity index (χ1) is 9.47. The van der Waals surface area contributed by atoms with Gasteiger partial charge in [0.05, 0.1) is 5.69 Å². The number of nitrogens with zero attached hydrogens (tertiary/aromatic N) is 4. The molecule has 0 bridgehead atoms. The second-order valence-corrected chi connectivity index (χ2v) is 3.66. The average Bonchev–Trinajstić information content (AvgIpc) is 2.88. The average molecular weight is 291 g/mol. The first-order valence-corrected chi connectivity index (χ1v) is 5.35. The Labute approximate surface area is 110 Å². The predicted octanol–water partition coefficient (Wildman–Crippen LogP) is 1.45. The molecule has 0 atom stereocenters. The van der Waals surface area contributed by atoms with E-state index in [1.807, 2.05) is 0 Å². The standard InChI is InChI=1S/C10H9F4N5O/c11-5-20-8-2-1-7(3-6(8)4-15)19-9(10(12,13)14)16-17-18-19/h1-3H,4-5,15H2. The first kappa shape index (κ1) is 14.2. The summed E-state index contributed by atoms with van der Waals surface area (Å²) in [5, 5.41) is 9.22. The normalized spacial score (nSPS) is 11.7. The van der Waals surface area contributed by atoms with E-state index in [0.717, 1.165) is 0 Å². The fourth-order valence-corrected chi connectivity index (χ4v) is 1.59. The zero-order valence-corrected chi connectivity index (χ0v) is 9.93. The Morgan fingerprint density at radius 3 is 2.65 bits per heavy atom. The van der Waals surface area contributed by atoms with Crippen LogP contribution in [0.2, 0.25) is 0 Å². The molecule has 0 aliphatic carbocycles. The lowest BCUT2D eigenvalue weighted by molar-refractivity contribution is -0.146. The van der Waals surface area contributed by atoms with E-state index in [1.54, 1.807) is 0 Å². The van der Waals surface area contributed by atoms with E-state index in [4.69, 9.17) is 5.73 Å². The Morgan fingerprint density at radius 2 is 2.05 bits per heavy atom. The summed E-state index contributed by atoms with van der Waals surface area (Å²) in [4.78, 5) is 0. The van der Waals surface area contributed by atoms with Gasteiger partial charge in [0, 0.05) is 12.1 Å². The lowest BCUT2D eigenvalue weighted by Crippen LogP contribution is -2.15. The van der Waals surface area contributed by atoms with Crippen LogP contribution in [0.1, 0.15) is 11.4 Å². The van der Waals surface area contributed by atoms with Crippen LogP contribution >= 0.6 is 0 Å². The molecule has 0 amide bonds. The number of tetrazole rings is 1. The molecular formula is C10H9F4N5O. The number of halogens is 4. The number of alkyl halides is 4. The fourth-order valence-electron chi connectivity index (χ4n) is 1.59. The molecule has 1 aromatic heterocycles. The van der Waals surface area contributed by atoms with Crippen LogP contribution in [0.5, 0.6) is 5.75 Å². The molecule has 20 heavy (non-hydrogen) atoms. The number of hydrogen-bond donors (Lipinski definition) is 1. The van der Waals surface area contributed by atoms with Crippen LogP contribution in [0.15, 0.2) is 18.2 Å². The quantitative estimate of drug-likeness (QED) is 0.862. The molecule has 0 aliphatic rings. The molecule has 6 nitrogen and oxygen atoms in total. The van der Waals surface area contributed by atoms with Crippen molar-refractivity contribution in [1.82, 2.24) is 20.2 Å². The molecule has 1 heterocycles. The number of rotatable bonds is 4. The Bertz CT molecular complexity index is 598. The highest BCUT2D eigenvalue weighted by molar-refractivity contribution is 5.44. The van der Waals surface area contributed by atoms with E-state index in [1.165, 1.54) is 18.2 Å². The molecule has 1 aromatic carbocycles. The third-order valence-corrected chi connectivity index (χ3v) is 2.44. The number of benzene rings is 1. The van der Waals surface area contributed by atoms with Crippen molar-refractivity contribution >= 4 is 0 Å². The molecule has 0 spiro atoms. The van der Waals surface area contributed by atoms with Gasteiger partial charge in [0.25, 0.3) is 5.82 Å². The van der Waals surface area contributed by atoms with Crippen LogP contribution in [-0.4, -0.2) is 27.1 Å². The lowest BCUT2D eigenvalue weighted by atomic mass is 10.2. The molecule has 0 aliphatic heterocycles. The minimum absolute atomic E-state index is 0.0351. The summed E-state index contributed by atoms with van der Waals surface area (Å²) >= 11 is 0. The Balaban J connectivity index is 2.46. The highest BCUT2D eigenvalue weighted by Gasteiger charge is 2.38. The van der Waals surface area contributed by atoms with Gasteiger partial charge in [-0.15, -0.1) is 5.10 Å². The summed E-state index contributed by atoms with van der Waals surface area (Å²) < 4.78 is 55.4. The minimum Gasteiger partial charge on any atom is -0.463 e. The smallest absolute Gasteiger partial charge is 0.453 e. The molecule has 108 valence electrons. The zero-order chi connectivity index (χ0) is 14.8. The molecular weight excluding hydrogens is 282 g/mol. The van der Waals surface area contributed by atoms with Crippen LogP contribution in [0.4, 0.5) is 17.6 Å². The maximum absolute atomic E-state index is 12.7. The zero-order valence-electron chi connectivity index (χ0n) is 9.93. The second kappa shape index (κ2) is 5.41. The summed E-state index contributed by atoms with van der Waals surface area (Å²) in [7, 11) is 0. The Morgan fingerprint density at radius 1 is 1.30 bits per heavy atom. The van der Waals surface area contributed by atoms with Crippen LogP contribution < -0.4 is 10.5 Å². The maximum Gasteiger partial charge on any atom is 0.453 e. The third-order valence-electron chi connectivity index (χ3n) is 2.44. The summed E-state index contributed by atoms with van der Waals surface area (Å²) in [6, 6.07) is 3.88. The van der Waals surface area contributed by atoms with Crippen LogP contribution in [0.25, 0.3) is 5.69 Å². The fraction of sp³-hybridized carbons (Fsp3) is 0.300. The van der Waals surface area contributed by atoms with E-state index in [0.29, 0.717) is 10.2 Å². The van der Waals surface area contributed by atoms with Gasteiger partial charge in [-0.05, 0) is 28.6 Å². The Hall–Kier alpha value is -2.23. The van der Waals surface area contributed by atoms with Gasteiger partial charge in [-0.1, -0.05) is 0 Å². The predicted molar refractivity (Wildman–Crippen MR) is 58.7 cm³/mol. The van der Waals surface area contributed by atoms with Crippen LogP contribution in [0, 0.1) is 0 Å². The van der Waals surface area contributed by atoms with E-state index in [-0.39, 0.29) is 18.0 Å². The van der Waals surface area contributed by atoms with Gasteiger partial charge >= 0.3 is 6.18 Å². The van der Waals surface area contributed by atoms with Crippen molar-refractivity contribution in [3.8, 4) is 11.4 Å². The summed E-state index contributed by atoms with van der Waals surface area (Å²) in [6.07, 6.45) is -4.69. The van der Waals surface area contributed by atoms with Crippen molar-refractivity contribution in [2.45, 2.75) is 12.7 Å². The second-order valence-electron chi connectivity index (χ2n) is 3.66. The van der Waals surface area contributed by atoms with Gasteiger partial charge in [0.2, 0.25) is 6.86 Å². The number of ether oxygens (including phenoxy) is 1. The van der Waals surface area contributed by atoms with E-state index < -0.39 is 18.9 Å². The topological polar surface area (TPSA) is 78.9 Å². The van der Waals surface area contributed by atoms with Crippen molar-refractivity contribution in [3.63, 3.8) is 0 Å². The summed E-state index contributed by atoms with van der Waals surface area (Å²) in [6.45, 7) is -1.10. The SMILES string of the molecule is NCc1cc(-n2nnnc2C(F)(F)F)ccc1OCF. The van der Waals surface area contributed by atoms with Gasteiger partial charge < -0.3 is 10.5 Å². The van der Waals surface area contributed by atoms with E-state index in [2.05, 4.69) is 20.3 Å². The van der Waals surface area contributed by atoms with Gasteiger partial charge in [0.15, 0.2) is 0 Å². The van der Waals surface area contributed by atoms with Crippen LogP contribution in [0.3, 0.4) is 0 Å².